The largest absolute Gasteiger partial charge is 0.478 e. The molecule has 1 aromatic rings. The van der Waals surface area contributed by atoms with Crippen LogP contribution in [0.5, 0.6) is 0 Å². The lowest BCUT2D eigenvalue weighted by Gasteiger charge is -2.29. The van der Waals surface area contributed by atoms with Crippen LogP contribution in [-0.4, -0.2) is 28.9 Å². The Labute approximate surface area is 153 Å². The molecule has 0 unspecified atom stereocenters. The van der Waals surface area contributed by atoms with Crippen molar-refractivity contribution in [3.63, 3.8) is 0 Å². The first-order valence-corrected chi connectivity index (χ1v) is 9.47. The van der Waals surface area contributed by atoms with Crippen LogP contribution in [0.15, 0.2) is 24.3 Å². The fourth-order valence-corrected chi connectivity index (χ4v) is 3.95. The summed E-state index contributed by atoms with van der Waals surface area (Å²) in [6, 6.07) is 6.35. The number of aromatic carboxylic acids is 1. The maximum atomic E-state index is 12.4. The first kappa shape index (κ1) is 18.4. The minimum atomic E-state index is -0.985. The van der Waals surface area contributed by atoms with Gasteiger partial charge in [-0.2, -0.15) is 0 Å². The average molecular weight is 358 g/mol. The zero-order valence-electron chi connectivity index (χ0n) is 14.9. The molecular weight excluding hydrogens is 332 g/mol. The summed E-state index contributed by atoms with van der Waals surface area (Å²) in [5.74, 6) is -0.706. The van der Waals surface area contributed by atoms with Gasteiger partial charge in [0.05, 0.1) is 5.56 Å². The smallest absolute Gasteiger partial charge is 0.335 e. The lowest BCUT2D eigenvalue weighted by Crippen LogP contribution is -2.41. The first-order chi connectivity index (χ1) is 12.5. The second-order valence-electron chi connectivity index (χ2n) is 7.41. The summed E-state index contributed by atoms with van der Waals surface area (Å²) in [6.45, 7) is 0. The lowest BCUT2D eigenvalue weighted by molar-refractivity contribution is -0.125. The molecule has 6 nitrogen and oxygen atoms in total. The Morgan fingerprint density at radius 2 is 1.38 bits per heavy atom. The molecule has 0 radical (unpaired) electrons. The van der Waals surface area contributed by atoms with Gasteiger partial charge in [0.1, 0.15) is 0 Å². The molecular formula is C20H26N2O4. The molecule has 2 amide bonds. The van der Waals surface area contributed by atoms with Crippen LogP contribution in [0.1, 0.15) is 61.7 Å². The topological polar surface area (TPSA) is 95.5 Å². The highest BCUT2D eigenvalue weighted by Gasteiger charge is 2.29. The van der Waals surface area contributed by atoms with Crippen molar-refractivity contribution in [1.29, 1.82) is 0 Å². The second kappa shape index (κ2) is 8.34. The quantitative estimate of drug-likeness (QED) is 0.753. The van der Waals surface area contributed by atoms with Crippen LogP contribution in [0.2, 0.25) is 0 Å². The van der Waals surface area contributed by atoms with E-state index in [0.717, 1.165) is 51.4 Å². The monoisotopic (exact) mass is 358 g/mol. The SMILES string of the molecule is O=C(O)c1ccc(NC(=O)C2CCC(NC(=O)C3CCCC3)CC2)cc1. The fourth-order valence-electron chi connectivity index (χ4n) is 3.95. The molecule has 2 fully saturated rings. The Bertz CT molecular complexity index is 657. The highest BCUT2D eigenvalue weighted by atomic mass is 16.4. The summed E-state index contributed by atoms with van der Waals surface area (Å²) >= 11 is 0. The minimum Gasteiger partial charge on any atom is -0.478 e. The number of amides is 2. The van der Waals surface area contributed by atoms with Crippen LogP contribution in [0.4, 0.5) is 5.69 Å². The molecule has 3 N–H and O–H groups in total. The van der Waals surface area contributed by atoms with Crippen molar-refractivity contribution in [2.45, 2.75) is 57.4 Å². The molecule has 0 spiro atoms. The van der Waals surface area contributed by atoms with E-state index in [1.807, 2.05) is 0 Å². The van der Waals surface area contributed by atoms with E-state index in [0.29, 0.717) is 5.69 Å². The number of rotatable bonds is 5. The zero-order valence-corrected chi connectivity index (χ0v) is 14.9. The molecule has 2 aliphatic rings. The van der Waals surface area contributed by atoms with Gasteiger partial charge in [-0.3, -0.25) is 9.59 Å². The standard InChI is InChI=1S/C20H26N2O4/c23-18(13-3-1-2-4-13)21-16-9-5-14(6-10-16)19(24)22-17-11-7-15(8-12-17)20(25)26/h7-8,11-14,16H,1-6,9-10H2,(H,21,23)(H,22,24)(H,25,26). The maximum absolute atomic E-state index is 12.4. The van der Waals surface area contributed by atoms with E-state index in [9.17, 15) is 14.4 Å². The highest BCUT2D eigenvalue weighted by molar-refractivity contribution is 5.93. The van der Waals surface area contributed by atoms with Crippen molar-refractivity contribution < 1.29 is 19.5 Å². The summed E-state index contributed by atoms with van der Waals surface area (Å²) in [5.41, 5.74) is 0.804. The Balaban J connectivity index is 1.44. The van der Waals surface area contributed by atoms with Gasteiger partial charge in [-0.25, -0.2) is 4.79 Å². The van der Waals surface area contributed by atoms with Gasteiger partial charge in [-0.15, -0.1) is 0 Å². The fraction of sp³-hybridized carbons (Fsp3) is 0.550. The molecule has 0 bridgehead atoms. The van der Waals surface area contributed by atoms with Crippen LogP contribution in [0.3, 0.4) is 0 Å². The van der Waals surface area contributed by atoms with Gasteiger partial charge in [-0.05, 0) is 62.8 Å². The van der Waals surface area contributed by atoms with Gasteiger partial charge in [-0.1, -0.05) is 12.8 Å². The number of nitrogens with one attached hydrogen (secondary N) is 2. The van der Waals surface area contributed by atoms with Gasteiger partial charge in [0.15, 0.2) is 0 Å². The predicted octanol–water partition coefficient (Wildman–Crippen LogP) is 3.19. The summed E-state index contributed by atoms with van der Waals surface area (Å²) in [7, 11) is 0. The molecule has 0 saturated heterocycles. The van der Waals surface area contributed by atoms with E-state index in [4.69, 9.17) is 5.11 Å². The Morgan fingerprint density at radius 1 is 0.808 bits per heavy atom. The van der Waals surface area contributed by atoms with Crippen molar-refractivity contribution in [1.82, 2.24) is 5.32 Å². The van der Waals surface area contributed by atoms with E-state index in [1.54, 1.807) is 12.1 Å². The highest BCUT2D eigenvalue weighted by Crippen LogP contribution is 2.28. The minimum absolute atomic E-state index is 0.0337. The number of hydrogen-bond donors (Lipinski definition) is 3. The zero-order chi connectivity index (χ0) is 18.5. The number of carbonyl (C=O) groups excluding carboxylic acids is 2. The molecule has 0 atom stereocenters. The van der Waals surface area contributed by atoms with Crippen molar-refractivity contribution in [2.24, 2.45) is 11.8 Å². The molecule has 0 aliphatic heterocycles. The second-order valence-corrected chi connectivity index (χ2v) is 7.41. The number of anilines is 1. The van der Waals surface area contributed by atoms with Crippen molar-refractivity contribution in [2.75, 3.05) is 5.32 Å². The van der Waals surface area contributed by atoms with Crippen molar-refractivity contribution >= 4 is 23.5 Å². The van der Waals surface area contributed by atoms with E-state index in [-0.39, 0.29) is 35.3 Å². The molecule has 140 valence electrons. The van der Waals surface area contributed by atoms with E-state index in [1.165, 1.54) is 12.1 Å². The summed E-state index contributed by atoms with van der Waals surface area (Å²) < 4.78 is 0. The third-order valence-corrected chi connectivity index (χ3v) is 5.57. The van der Waals surface area contributed by atoms with Crippen LogP contribution < -0.4 is 10.6 Å². The Hall–Kier alpha value is -2.37. The van der Waals surface area contributed by atoms with E-state index < -0.39 is 5.97 Å². The third-order valence-electron chi connectivity index (χ3n) is 5.57. The predicted molar refractivity (Wildman–Crippen MR) is 97.9 cm³/mol. The summed E-state index contributed by atoms with van der Waals surface area (Å²) in [4.78, 5) is 35.5. The summed E-state index contributed by atoms with van der Waals surface area (Å²) in [5, 5.41) is 14.9. The van der Waals surface area contributed by atoms with Gasteiger partial charge in [0, 0.05) is 23.6 Å². The van der Waals surface area contributed by atoms with Crippen molar-refractivity contribution in [3.8, 4) is 0 Å². The molecule has 0 aromatic heterocycles. The number of benzene rings is 1. The maximum Gasteiger partial charge on any atom is 0.335 e. The van der Waals surface area contributed by atoms with Gasteiger partial charge >= 0.3 is 5.97 Å². The Kier molecular flexibility index (Phi) is 5.91. The molecule has 2 saturated carbocycles. The molecule has 6 heteroatoms. The van der Waals surface area contributed by atoms with Crippen molar-refractivity contribution in [3.05, 3.63) is 29.8 Å². The van der Waals surface area contributed by atoms with Crippen LogP contribution in [0.25, 0.3) is 0 Å². The average Bonchev–Trinajstić information content (AvgIpc) is 3.17. The van der Waals surface area contributed by atoms with Crippen LogP contribution in [-0.2, 0) is 9.59 Å². The molecule has 2 aliphatic carbocycles. The molecule has 3 rings (SSSR count). The first-order valence-electron chi connectivity index (χ1n) is 9.47. The van der Waals surface area contributed by atoms with E-state index >= 15 is 0 Å². The van der Waals surface area contributed by atoms with Crippen LogP contribution >= 0.6 is 0 Å². The lowest BCUT2D eigenvalue weighted by atomic mass is 9.85. The van der Waals surface area contributed by atoms with Crippen LogP contribution in [0, 0.1) is 11.8 Å². The Morgan fingerprint density at radius 3 is 1.96 bits per heavy atom. The summed E-state index contributed by atoms with van der Waals surface area (Å²) in [6.07, 6.45) is 7.48. The number of carboxylic acid groups (broad SMARTS) is 1. The van der Waals surface area contributed by atoms with Gasteiger partial charge < -0.3 is 15.7 Å². The third kappa shape index (κ3) is 4.62. The van der Waals surface area contributed by atoms with Gasteiger partial charge in [0.2, 0.25) is 11.8 Å². The number of carbonyl (C=O) groups is 3. The number of hydrogen-bond acceptors (Lipinski definition) is 3. The molecule has 0 heterocycles. The number of carboxylic acids is 1. The normalized spacial score (nSPS) is 23.4. The van der Waals surface area contributed by atoms with E-state index in [2.05, 4.69) is 10.6 Å². The molecule has 26 heavy (non-hydrogen) atoms. The van der Waals surface area contributed by atoms with Gasteiger partial charge in [0.25, 0.3) is 0 Å². The molecule has 1 aromatic carbocycles.